The minimum Gasteiger partial charge on any atom is -0.384 e. The average molecular weight is 152 g/mol. The van der Waals surface area contributed by atoms with Crippen LogP contribution < -0.4 is 5.73 Å². The molecule has 0 aliphatic heterocycles. The van der Waals surface area contributed by atoms with E-state index in [1.165, 1.54) is 0 Å². The van der Waals surface area contributed by atoms with Crippen LogP contribution in [0.25, 0.3) is 10.4 Å². The molecule has 0 aliphatic rings. The van der Waals surface area contributed by atoms with E-state index in [2.05, 4.69) is 15.1 Å². The highest BCUT2D eigenvalue weighted by atomic mass is 15.3. The Morgan fingerprint density at radius 1 is 1.82 bits per heavy atom. The summed E-state index contributed by atoms with van der Waals surface area (Å²) < 4.78 is 1.58. The van der Waals surface area contributed by atoms with Crippen molar-refractivity contribution >= 4 is 5.82 Å². The average Bonchev–Trinajstić information content (AvgIpc) is 2.37. The molecule has 0 fully saturated rings. The summed E-state index contributed by atoms with van der Waals surface area (Å²) in [7, 11) is 0. The summed E-state index contributed by atoms with van der Waals surface area (Å²) >= 11 is 0. The van der Waals surface area contributed by atoms with Gasteiger partial charge >= 0.3 is 0 Å². The van der Waals surface area contributed by atoms with E-state index in [-0.39, 0.29) is 0 Å². The maximum absolute atomic E-state index is 7.96. The summed E-state index contributed by atoms with van der Waals surface area (Å²) in [5, 5.41) is 7.25. The third-order valence-electron chi connectivity index (χ3n) is 1.22. The molecular weight excluding hydrogens is 144 g/mol. The van der Waals surface area contributed by atoms with Crippen LogP contribution in [0.3, 0.4) is 0 Å². The number of anilines is 1. The number of nitrogen functional groups attached to an aromatic ring is 1. The molecule has 6 nitrogen and oxygen atoms in total. The monoisotopic (exact) mass is 152 g/mol. The standard InChI is InChI=1S/C5H8N6/c6-5-1-2-9-11(5)4-3-8-10-7/h1-2H,3-4,6H2. The number of hydrogen-bond acceptors (Lipinski definition) is 3. The van der Waals surface area contributed by atoms with E-state index in [1.807, 2.05) is 0 Å². The summed E-state index contributed by atoms with van der Waals surface area (Å²) in [6.45, 7) is 0.908. The van der Waals surface area contributed by atoms with Crippen molar-refractivity contribution < 1.29 is 0 Å². The number of nitrogens with two attached hydrogens (primary N) is 1. The van der Waals surface area contributed by atoms with Gasteiger partial charge in [-0.3, -0.25) is 4.68 Å². The number of azide groups is 1. The second-order valence-electron chi connectivity index (χ2n) is 1.93. The van der Waals surface area contributed by atoms with E-state index in [4.69, 9.17) is 11.3 Å². The molecule has 1 rings (SSSR count). The smallest absolute Gasteiger partial charge is 0.121 e. The van der Waals surface area contributed by atoms with Crippen LogP contribution in [0.5, 0.6) is 0 Å². The topological polar surface area (TPSA) is 92.6 Å². The number of aromatic nitrogens is 2. The highest BCUT2D eigenvalue weighted by Gasteiger charge is 1.93. The van der Waals surface area contributed by atoms with Crippen molar-refractivity contribution in [2.24, 2.45) is 5.11 Å². The summed E-state index contributed by atoms with van der Waals surface area (Å²) in [4.78, 5) is 2.61. The van der Waals surface area contributed by atoms with Crippen LogP contribution in [-0.2, 0) is 6.54 Å². The zero-order valence-electron chi connectivity index (χ0n) is 5.88. The molecule has 0 amide bonds. The van der Waals surface area contributed by atoms with Crippen molar-refractivity contribution in [2.45, 2.75) is 6.54 Å². The Morgan fingerprint density at radius 3 is 3.18 bits per heavy atom. The van der Waals surface area contributed by atoms with Crippen molar-refractivity contribution in [3.63, 3.8) is 0 Å². The van der Waals surface area contributed by atoms with Crippen molar-refractivity contribution in [3.05, 3.63) is 22.7 Å². The summed E-state index contributed by atoms with van der Waals surface area (Å²) in [6, 6.07) is 1.69. The zero-order valence-corrected chi connectivity index (χ0v) is 5.88. The fraction of sp³-hybridized carbons (Fsp3) is 0.400. The third kappa shape index (κ3) is 1.87. The van der Waals surface area contributed by atoms with Crippen molar-refractivity contribution in [1.29, 1.82) is 0 Å². The van der Waals surface area contributed by atoms with Crippen LogP contribution in [0.15, 0.2) is 17.4 Å². The molecule has 11 heavy (non-hydrogen) atoms. The van der Waals surface area contributed by atoms with Gasteiger partial charge in [0.15, 0.2) is 0 Å². The second kappa shape index (κ2) is 3.48. The molecule has 58 valence electrons. The van der Waals surface area contributed by atoms with E-state index in [9.17, 15) is 0 Å². The summed E-state index contributed by atoms with van der Waals surface area (Å²) in [6.07, 6.45) is 1.60. The van der Waals surface area contributed by atoms with Gasteiger partial charge in [0.1, 0.15) is 5.82 Å². The van der Waals surface area contributed by atoms with Gasteiger partial charge in [-0.15, -0.1) is 0 Å². The lowest BCUT2D eigenvalue weighted by Gasteiger charge is -1.98. The molecule has 1 aromatic rings. The fourth-order valence-corrected chi connectivity index (χ4v) is 0.714. The molecule has 0 aliphatic carbocycles. The first kappa shape index (κ1) is 7.43. The quantitative estimate of drug-likeness (QED) is 0.393. The van der Waals surface area contributed by atoms with Crippen LogP contribution in [0.4, 0.5) is 5.82 Å². The first-order chi connectivity index (χ1) is 5.34. The van der Waals surface area contributed by atoms with Gasteiger partial charge in [-0.25, -0.2) is 0 Å². The SMILES string of the molecule is [N-]=[N+]=NCCn1nccc1N. The lowest BCUT2D eigenvalue weighted by molar-refractivity contribution is 0.632. The Kier molecular flexibility index (Phi) is 2.35. The predicted molar refractivity (Wildman–Crippen MR) is 40.7 cm³/mol. The van der Waals surface area contributed by atoms with E-state index >= 15 is 0 Å². The largest absolute Gasteiger partial charge is 0.384 e. The number of rotatable bonds is 3. The van der Waals surface area contributed by atoms with E-state index < -0.39 is 0 Å². The first-order valence-corrected chi connectivity index (χ1v) is 3.12. The lowest BCUT2D eigenvalue weighted by atomic mass is 10.6. The van der Waals surface area contributed by atoms with E-state index in [0.717, 1.165) is 0 Å². The molecule has 0 aromatic carbocycles. The highest BCUT2D eigenvalue weighted by molar-refractivity contribution is 5.25. The molecular formula is C5H8N6. The van der Waals surface area contributed by atoms with Gasteiger partial charge in [-0.1, -0.05) is 5.11 Å². The molecule has 0 saturated heterocycles. The molecule has 2 N–H and O–H groups in total. The molecule has 0 unspecified atom stereocenters. The number of nitrogens with zero attached hydrogens (tertiary/aromatic N) is 5. The van der Waals surface area contributed by atoms with Gasteiger partial charge in [0.2, 0.25) is 0 Å². The van der Waals surface area contributed by atoms with Crippen LogP contribution in [-0.4, -0.2) is 16.3 Å². The van der Waals surface area contributed by atoms with Crippen LogP contribution in [0, 0.1) is 0 Å². The maximum Gasteiger partial charge on any atom is 0.121 e. The Labute approximate surface area is 63.2 Å². The van der Waals surface area contributed by atoms with E-state index in [0.29, 0.717) is 18.9 Å². The Morgan fingerprint density at radius 2 is 2.64 bits per heavy atom. The van der Waals surface area contributed by atoms with E-state index in [1.54, 1.807) is 16.9 Å². The predicted octanol–water partition coefficient (Wildman–Crippen LogP) is 0.776. The number of hydrogen-bond donors (Lipinski definition) is 1. The van der Waals surface area contributed by atoms with Crippen LogP contribution >= 0.6 is 0 Å². The third-order valence-corrected chi connectivity index (χ3v) is 1.22. The van der Waals surface area contributed by atoms with Gasteiger partial charge in [0.05, 0.1) is 6.20 Å². The van der Waals surface area contributed by atoms with Gasteiger partial charge in [0.25, 0.3) is 0 Å². The molecule has 0 radical (unpaired) electrons. The van der Waals surface area contributed by atoms with Crippen molar-refractivity contribution in [2.75, 3.05) is 12.3 Å². The Bertz CT molecular complexity index is 270. The normalized spacial score (nSPS) is 9.09. The molecule has 0 saturated carbocycles. The summed E-state index contributed by atoms with van der Waals surface area (Å²) in [5.41, 5.74) is 13.5. The van der Waals surface area contributed by atoms with Gasteiger partial charge in [-0.05, 0) is 11.6 Å². The van der Waals surface area contributed by atoms with Crippen LogP contribution in [0.1, 0.15) is 0 Å². The molecule has 6 heteroatoms. The first-order valence-electron chi connectivity index (χ1n) is 3.12. The molecule has 0 atom stereocenters. The minimum absolute atomic E-state index is 0.377. The van der Waals surface area contributed by atoms with Crippen molar-refractivity contribution in [1.82, 2.24) is 9.78 Å². The molecule has 1 heterocycles. The van der Waals surface area contributed by atoms with Crippen molar-refractivity contribution in [3.8, 4) is 0 Å². The van der Waals surface area contributed by atoms with Gasteiger partial charge in [0, 0.05) is 18.0 Å². The maximum atomic E-state index is 7.96. The zero-order chi connectivity index (χ0) is 8.10. The second-order valence-corrected chi connectivity index (χ2v) is 1.93. The van der Waals surface area contributed by atoms with Gasteiger partial charge in [-0.2, -0.15) is 5.10 Å². The van der Waals surface area contributed by atoms with Crippen LogP contribution in [0.2, 0.25) is 0 Å². The molecule has 1 aromatic heterocycles. The molecule has 0 bridgehead atoms. The molecule has 0 spiro atoms. The van der Waals surface area contributed by atoms with Gasteiger partial charge < -0.3 is 5.73 Å². The Hall–Kier alpha value is -1.68. The lowest BCUT2D eigenvalue weighted by Crippen LogP contribution is -2.06. The Balaban J connectivity index is 2.50. The highest BCUT2D eigenvalue weighted by Crippen LogP contribution is 1.98. The minimum atomic E-state index is 0.377. The fourth-order valence-electron chi connectivity index (χ4n) is 0.714. The summed E-state index contributed by atoms with van der Waals surface area (Å²) in [5.74, 6) is 0.582.